The van der Waals surface area contributed by atoms with Crippen molar-refractivity contribution < 1.29 is 33.6 Å². The van der Waals surface area contributed by atoms with E-state index in [9.17, 15) is 14.7 Å². The summed E-state index contributed by atoms with van der Waals surface area (Å²) in [4.78, 5) is 29.0. The van der Waals surface area contributed by atoms with E-state index in [0.717, 1.165) is 5.56 Å². The second-order valence-corrected chi connectivity index (χ2v) is 7.86. The number of ether oxygens (including phenoxy) is 4. The molecule has 9 heteroatoms. The van der Waals surface area contributed by atoms with Gasteiger partial charge in [-0.3, -0.25) is 0 Å². The van der Waals surface area contributed by atoms with Crippen LogP contribution in [0.5, 0.6) is 11.5 Å². The molecule has 0 bridgehead atoms. The van der Waals surface area contributed by atoms with Gasteiger partial charge < -0.3 is 24.1 Å². The van der Waals surface area contributed by atoms with E-state index in [0.29, 0.717) is 33.7 Å². The highest BCUT2D eigenvalue weighted by atomic mass is 32.2. The lowest BCUT2D eigenvalue weighted by Crippen LogP contribution is -2.14. The number of methoxy groups -OCH3 is 1. The molecule has 0 radical (unpaired) electrons. The highest BCUT2D eigenvalue weighted by Crippen LogP contribution is 2.40. The lowest BCUT2D eigenvalue weighted by molar-refractivity contribution is -0.145. The van der Waals surface area contributed by atoms with Gasteiger partial charge in [-0.15, -0.1) is 0 Å². The largest absolute Gasteiger partial charge is 0.506 e. The van der Waals surface area contributed by atoms with Crippen LogP contribution in [0.3, 0.4) is 0 Å². The Morgan fingerprint density at radius 3 is 2.24 bits per heavy atom. The monoisotopic (exact) mass is 483 g/mol. The fraction of sp³-hybridized carbons (Fsp3) is 0.240. The highest BCUT2D eigenvalue weighted by Gasteiger charge is 2.33. The smallest absolute Gasteiger partial charge is 0.344 e. The van der Waals surface area contributed by atoms with Gasteiger partial charge in [0, 0.05) is 0 Å². The summed E-state index contributed by atoms with van der Waals surface area (Å²) in [7, 11) is 1.57. The van der Waals surface area contributed by atoms with E-state index < -0.39 is 11.9 Å². The highest BCUT2D eigenvalue weighted by molar-refractivity contribution is 8.18. The van der Waals surface area contributed by atoms with Crippen LogP contribution in [0.4, 0.5) is 5.69 Å². The van der Waals surface area contributed by atoms with Crippen molar-refractivity contribution in [3.05, 3.63) is 70.3 Å². The molecular weight excluding hydrogens is 458 g/mol. The summed E-state index contributed by atoms with van der Waals surface area (Å²) < 4.78 is 20.5. The minimum Gasteiger partial charge on any atom is -0.506 e. The Labute approximate surface area is 201 Å². The van der Waals surface area contributed by atoms with E-state index in [1.54, 1.807) is 75.6 Å². The van der Waals surface area contributed by atoms with Crippen LogP contribution in [-0.4, -0.2) is 49.0 Å². The summed E-state index contributed by atoms with van der Waals surface area (Å²) in [6.45, 7) is 3.71. The Morgan fingerprint density at radius 2 is 1.62 bits per heavy atom. The predicted molar refractivity (Wildman–Crippen MR) is 131 cm³/mol. The van der Waals surface area contributed by atoms with Crippen molar-refractivity contribution in [1.82, 2.24) is 0 Å². The molecule has 3 rings (SSSR count). The average Bonchev–Trinajstić information content (AvgIpc) is 3.13. The van der Waals surface area contributed by atoms with Crippen LogP contribution in [-0.2, 0) is 19.1 Å². The van der Waals surface area contributed by atoms with Crippen molar-refractivity contribution in [3.8, 4) is 11.5 Å². The SMILES string of the molecule is CCOC(=O)COc1ccc(C=C2SC(=Nc3ccc(OC)cc3)C(C(=O)OCC)=C2O)cc1. The number of esters is 2. The molecule has 1 heterocycles. The quantitative estimate of drug-likeness (QED) is 0.506. The molecule has 0 amide bonds. The van der Waals surface area contributed by atoms with E-state index in [4.69, 9.17) is 18.9 Å². The molecule has 2 aromatic rings. The van der Waals surface area contributed by atoms with E-state index in [2.05, 4.69) is 4.99 Å². The summed E-state index contributed by atoms with van der Waals surface area (Å²) in [5, 5.41) is 11.1. The number of benzene rings is 2. The van der Waals surface area contributed by atoms with Crippen LogP contribution < -0.4 is 9.47 Å². The van der Waals surface area contributed by atoms with Crippen LogP contribution >= 0.6 is 11.8 Å². The van der Waals surface area contributed by atoms with Gasteiger partial charge in [0.15, 0.2) is 6.61 Å². The number of nitrogens with zero attached hydrogens (tertiary/aromatic N) is 1. The van der Waals surface area contributed by atoms with Gasteiger partial charge in [0.1, 0.15) is 27.9 Å². The topological polar surface area (TPSA) is 104 Å². The Hall–Kier alpha value is -3.72. The number of thioether (sulfide) groups is 1. The van der Waals surface area contributed by atoms with Crippen molar-refractivity contribution in [3.63, 3.8) is 0 Å². The Morgan fingerprint density at radius 1 is 0.971 bits per heavy atom. The maximum atomic E-state index is 12.5. The molecule has 1 aliphatic rings. The Bertz CT molecular complexity index is 1120. The number of aliphatic hydroxyl groups excluding tert-OH is 1. The molecular formula is C25H25NO7S. The Kier molecular flexibility index (Phi) is 8.75. The lowest BCUT2D eigenvalue weighted by Gasteiger charge is -2.06. The van der Waals surface area contributed by atoms with E-state index >= 15 is 0 Å². The Balaban J connectivity index is 1.84. The van der Waals surface area contributed by atoms with Crippen molar-refractivity contribution >= 4 is 40.5 Å². The lowest BCUT2D eigenvalue weighted by atomic mass is 10.1. The average molecular weight is 484 g/mol. The van der Waals surface area contributed by atoms with Gasteiger partial charge in [-0.25, -0.2) is 14.6 Å². The van der Waals surface area contributed by atoms with Gasteiger partial charge in [-0.1, -0.05) is 23.9 Å². The zero-order valence-electron chi connectivity index (χ0n) is 19.1. The van der Waals surface area contributed by atoms with Crippen LogP contribution in [0.1, 0.15) is 19.4 Å². The maximum absolute atomic E-state index is 12.5. The first-order valence-electron chi connectivity index (χ1n) is 10.6. The number of carbonyl (C=O) groups is 2. The van der Waals surface area contributed by atoms with E-state index in [-0.39, 0.29) is 24.5 Å². The molecule has 0 saturated heterocycles. The second kappa shape index (κ2) is 11.9. The third kappa shape index (κ3) is 6.41. The van der Waals surface area contributed by atoms with Crippen molar-refractivity contribution in [2.75, 3.05) is 26.9 Å². The first kappa shape index (κ1) is 24.9. The standard InChI is InChI=1S/C25H25NO7S/c1-4-31-21(27)15-33-19-10-6-16(7-11-19)14-20-23(28)22(25(29)32-5-2)24(34-20)26-17-8-12-18(30-3)13-9-17/h6-14,28H,4-5,15H2,1-3H3. The summed E-state index contributed by atoms with van der Waals surface area (Å²) >= 11 is 1.17. The molecule has 1 N–H and O–H groups in total. The zero-order valence-corrected chi connectivity index (χ0v) is 19.9. The van der Waals surface area contributed by atoms with Crippen LogP contribution in [0.15, 0.2) is 69.8 Å². The number of hydrogen-bond acceptors (Lipinski definition) is 9. The molecule has 0 saturated carbocycles. The molecule has 8 nitrogen and oxygen atoms in total. The maximum Gasteiger partial charge on any atom is 0.344 e. The third-order valence-corrected chi connectivity index (χ3v) is 5.53. The van der Waals surface area contributed by atoms with Gasteiger partial charge in [-0.2, -0.15) is 0 Å². The fourth-order valence-corrected chi connectivity index (χ4v) is 3.96. The molecule has 0 spiro atoms. The van der Waals surface area contributed by atoms with Gasteiger partial charge in [0.25, 0.3) is 0 Å². The molecule has 0 aromatic heterocycles. The van der Waals surface area contributed by atoms with E-state index in [1.807, 2.05) is 0 Å². The number of hydrogen-bond donors (Lipinski definition) is 1. The summed E-state index contributed by atoms with van der Waals surface area (Å²) in [6.07, 6.45) is 1.73. The summed E-state index contributed by atoms with van der Waals surface area (Å²) in [6, 6.07) is 14.0. The zero-order chi connectivity index (χ0) is 24.5. The minimum atomic E-state index is -0.647. The number of rotatable bonds is 9. The van der Waals surface area contributed by atoms with Crippen LogP contribution in [0.2, 0.25) is 0 Å². The molecule has 0 fully saturated rings. The second-order valence-electron chi connectivity index (χ2n) is 6.83. The molecule has 0 atom stereocenters. The fourth-order valence-electron chi connectivity index (χ4n) is 2.92. The molecule has 0 unspecified atom stereocenters. The summed E-state index contributed by atoms with van der Waals surface area (Å²) in [5.41, 5.74) is 1.37. The van der Waals surface area contributed by atoms with Crippen LogP contribution in [0.25, 0.3) is 6.08 Å². The number of aliphatic imine (C=N–C) groups is 1. The molecule has 2 aromatic carbocycles. The van der Waals surface area contributed by atoms with Crippen molar-refractivity contribution in [1.29, 1.82) is 0 Å². The van der Waals surface area contributed by atoms with E-state index in [1.165, 1.54) is 11.8 Å². The van der Waals surface area contributed by atoms with Crippen molar-refractivity contribution in [2.45, 2.75) is 13.8 Å². The first-order chi connectivity index (χ1) is 16.4. The third-order valence-electron chi connectivity index (χ3n) is 4.51. The van der Waals surface area contributed by atoms with Crippen LogP contribution in [0, 0.1) is 0 Å². The first-order valence-corrected chi connectivity index (χ1v) is 11.4. The number of aliphatic hydroxyl groups is 1. The molecule has 178 valence electrons. The van der Waals surface area contributed by atoms with Crippen molar-refractivity contribution in [2.24, 2.45) is 4.99 Å². The number of carbonyl (C=O) groups excluding carboxylic acids is 2. The molecule has 34 heavy (non-hydrogen) atoms. The minimum absolute atomic E-state index is 0.0170. The molecule has 1 aliphatic heterocycles. The van der Waals surface area contributed by atoms with Gasteiger partial charge >= 0.3 is 11.9 Å². The van der Waals surface area contributed by atoms with Gasteiger partial charge in [0.2, 0.25) is 0 Å². The molecule has 0 aliphatic carbocycles. The normalized spacial score (nSPS) is 15.5. The summed E-state index contributed by atoms with van der Waals surface area (Å²) in [5.74, 6) is -0.101. The predicted octanol–water partition coefficient (Wildman–Crippen LogP) is 4.83. The van der Waals surface area contributed by atoms with Gasteiger partial charge in [0.05, 0.1) is 30.9 Å². The van der Waals surface area contributed by atoms with Gasteiger partial charge in [-0.05, 0) is 61.9 Å².